The molecule has 3 amide bonds. The Balaban J connectivity index is 1.42. The van der Waals surface area contributed by atoms with Gasteiger partial charge in [-0.05, 0) is 28.3 Å². The summed E-state index contributed by atoms with van der Waals surface area (Å²) in [5.41, 5.74) is 1.92. The molecule has 3 N–H and O–H groups in total. The molecule has 33 heavy (non-hydrogen) atoms. The van der Waals surface area contributed by atoms with E-state index in [0.717, 1.165) is 21.9 Å². The number of hydrogen-bond acceptors (Lipinski definition) is 3. The largest absolute Gasteiger partial charge is 0.481 e. The van der Waals surface area contributed by atoms with E-state index in [0.29, 0.717) is 13.0 Å². The number of carbonyl (C=O) groups excluding carboxylic acids is 2. The summed E-state index contributed by atoms with van der Waals surface area (Å²) in [5.74, 6) is -1.99. The monoisotopic (exact) mass is 447 g/mol. The highest BCUT2D eigenvalue weighted by molar-refractivity contribution is 5.83. The van der Waals surface area contributed by atoms with Crippen LogP contribution in [0.3, 0.4) is 0 Å². The molecule has 0 heterocycles. The molecule has 0 aromatic heterocycles. The van der Waals surface area contributed by atoms with Crippen molar-refractivity contribution in [3.63, 3.8) is 0 Å². The van der Waals surface area contributed by atoms with Crippen molar-refractivity contribution in [1.82, 2.24) is 15.5 Å². The Bertz CT molecular complexity index is 1100. The Hall–Kier alpha value is -3.87. The van der Waals surface area contributed by atoms with Gasteiger partial charge in [-0.25, -0.2) is 4.79 Å². The Kier molecular flexibility index (Phi) is 8.41. The van der Waals surface area contributed by atoms with Crippen LogP contribution in [0.4, 0.5) is 4.79 Å². The van der Waals surface area contributed by atoms with Crippen molar-refractivity contribution in [1.29, 1.82) is 0 Å². The van der Waals surface area contributed by atoms with Gasteiger partial charge in [0.05, 0.1) is 5.92 Å². The van der Waals surface area contributed by atoms with Gasteiger partial charge in [0.15, 0.2) is 0 Å². The molecule has 0 fully saturated rings. The molecule has 172 valence electrons. The number of hydrogen-bond donors (Lipinski definition) is 3. The minimum absolute atomic E-state index is 0.0306. The first kappa shape index (κ1) is 23.8. The van der Waals surface area contributed by atoms with E-state index < -0.39 is 11.9 Å². The fourth-order valence-electron chi connectivity index (χ4n) is 3.57. The molecule has 3 rings (SSSR count). The van der Waals surface area contributed by atoms with E-state index in [1.165, 1.54) is 4.90 Å². The first-order chi connectivity index (χ1) is 15.9. The topological polar surface area (TPSA) is 98.7 Å². The highest BCUT2D eigenvalue weighted by Crippen LogP contribution is 2.18. The van der Waals surface area contributed by atoms with Crippen LogP contribution in [-0.2, 0) is 22.6 Å². The molecule has 0 saturated carbocycles. The normalized spacial score (nSPS) is 11.5. The number of fused-ring (bicyclic) bond motifs is 1. The summed E-state index contributed by atoms with van der Waals surface area (Å²) < 4.78 is 0. The number of carbonyl (C=O) groups is 3. The molecule has 7 heteroatoms. The van der Waals surface area contributed by atoms with Gasteiger partial charge in [-0.15, -0.1) is 0 Å². The fourth-order valence-corrected chi connectivity index (χ4v) is 3.57. The van der Waals surface area contributed by atoms with Crippen LogP contribution in [0.15, 0.2) is 72.8 Å². The molecule has 0 aliphatic carbocycles. The highest BCUT2D eigenvalue weighted by atomic mass is 16.4. The van der Waals surface area contributed by atoms with Crippen LogP contribution in [0.25, 0.3) is 10.8 Å². The third-order valence-corrected chi connectivity index (χ3v) is 5.43. The number of carboxylic acids is 1. The third-order valence-electron chi connectivity index (χ3n) is 5.43. The summed E-state index contributed by atoms with van der Waals surface area (Å²) in [7, 11) is 1.69. The van der Waals surface area contributed by atoms with Gasteiger partial charge in [0.1, 0.15) is 0 Å². The van der Waals surface area contributed by atoms with Crippen LogP contribution in [0.2, 0.25) is 0 Å². The lowest BCUT2D eigenvalue weighted by atomic mass is 9.97. The molecular weight excluding hydrogens is 418 g/mol. The second kappa shape index (κ2) is 11.7. The van der Waals surface area contributed by atoms with Gasteiger partial charge < -0.3 is 20.6 Å². The lowest BCUT2D eigenvalue weighted by molar-refractivity contribution is -0.141. The maximum Gasteiger partial charge on any atom is 0.317 e. The van der Waals surface area contributed by atoms with Crippen LogP contribution in [0.1, 0.15) is 17.5 Å². The predicted molar refractivity (Wildman–Crippen MR) is 128 cm³/mol. The Labute approximate surface area is 193 Å². The molecule has 0 radical (unpaired) electrons. The number of urea groups is 1. The van der Waals surface area contributed by atoms with Crippen LogP contribution < -0.4 is 10.6 Å². The van der Waals surface area contributed by atoms with E-state index in [9.17, 15) is 19.5 Å². The van der Waals surface area contributed by atoms with E-state index >= 15 is 0 Å². The molecule has 3 aromatic carbocycles. The van der Waals surface area contributed by atoms with Crippen molar-refractivity contribution in [2.75, 3.05) is 20.1 Å². The van der Waals surface area contributed by atoms with Crippen molar-refractivity contribution in [3.05, 3.63) is 83.9 Å². The van der Waals surface area contributed by atoms with Crippen molar-refractivity contribution in [2.45, 2.75) is 19.4 Å². The summed E-state index contributed by atoms with van der Waals surface area (Å²) in [4.78, 5) is 37.6. The van der Waals surface area contributed by atoms with Crippen LogP contribution in [0, 0.1) is 5.92 Å². The zero-order chi connectivity index (χ0) is 23.6. The van der Waals surface area contributed by atoms with Gasteiger partial charge in [-0.3, -0.25) is 9.59 Å². The lowest BCUT2D eigenvalue weighted by Gasteiger charge is -2.18. The molecule has 0 aliphatic heterocycles. The molecule has 3 aromatic rings. The van der Waals surface area contributed by atoms with Crippen LogP contribution >= 0.6 is 0 Å². The van der Waals surface area contributed by atoms with Gasteiger partial charge in [-0.2, -0.15) is 0 Å². The van der Waals surface area contributed by atoms with Crippen molar-refractivity contribution in [2.24, 2.45) is 5.92 Å². The third kappa shape index (κ3) is 7.35. The molecule has 0 aliphatic rings. The van der Waals surface area contributed by atoms with E-state index in [2.05, 4.69) is 10.6 Å². The van der Waals surface area contributed by atoms with E-state index in [4.69, 9.17) is 0 Å². The molecular formula is C26H29N3O4. The van der Waals surface area contributed by atoms with Gasteiger partial charge in [0.25, 0.3) is 0 Å². The minimum Gasteiger partial charge on any atom is -0.481 e. The van der Waals surface area contributed by atoms with Gasteiger partial charge in [0, 0.05) is 33.1 Å². The Morgan fingerprint density at radius 1 is 0.879 bits per heavy atom. The Morgan fingerprint density at radius 3 is 2.30 bits per heavy atom. The first-order valence-corrected chi connectivity index (χ1v) is 10.9. The van der Waals surface area contributed by atoms with Crippen molar-refractivity contribution in [3.8, 4) is 0 Å². The molecule has 1 atom stereocenters. The summed E-state index contributed by atoms with van der Waals surface area (Å²) >= 11 is 0. The van der Waals surface area contributed by atoms with Gasteiger partial charge in [-0.1, -0.05) is 72.8 Å². The molecule has 0 bridgehead atoms. The Morgan fingerprint density at radius 2 is 1.58 bits per heavy atom. The van der Waals surface area contributed by atoms with Crippen molar-refractivity contribution >= 4 is 28.7 Å². The SMILES string of the molecule is CN(Cc1ccccc1)C(=O)NCCC(=O)NCC(Cc1ccc2ccccc2c1)C(=O)O. The zero-order valence-corrected chi connectivity index (χ0v) is 18.7. The number of aliphatic carboxylic acids is 1. The van der Waals surface area contributed by atoms with Crippen LogP contribution in [-0.4, -0.2) is 48.1 Å². The number of nitrogens with one attached hydrogen (secondary N) is 2. The van der Waals surface area contributed by atoms with E-state index in [1.54, 1.807) is 7.05 Å². The van der Waals surface area contributed by atoms with Gasteiger partial charge in [0.2, 0.25) is 5.91 Å². The maximum atomic E-state index is 12.2. The number of nitrogens with zero attached hydrogens (tertiary/aromatic N) is 1. The number of rotatable bonds is 10. The number of carboxylic acid groups (broad SMARTS) is 1. The summed E-state index contributed by atoms with van der Waals surface area (Å²) in [6, 6.07) is 23.1. The predicted octanol–water partition coefficient (Wildman–Crippen LogP) is 3.43. The zero-order valence-electron chi connectivity index (χ0n) is 18.7. The second-order valence-corrected chi connectivity index (χ2v) is 8.05. The summed E-state index contributed by atoms with van der Waals surface area (Å²) in [5, 5.41) is 17.1. The fraction of sp³-hybridized carbons (Fsp3) is 0.269. The maximum absolute atomic E-state index is 12.2. The minimum atomic E-state index is -0.959. The average Bonchev–Trinajstić information content (AvgIpc) is 2.82. The van der Waals surface area contributed by atoms with Crippen LogP contribution in [0.5, 0.6) is 0 Å². The van der Waals surface area contributed by atoms with Gasteiger partial charge >= 0.3 is 12.0 Å². The smallest absolute Gasteiger partial charge is 0.317 e. The molecule has 7 nitrogen and oxygen atoms in total. The number of amides is 3. The number of benzene rings is 3. The standard InChI is InChI=1S/C26H29N3O4/c1-29(18-19-7-3-2-4-8-19)26(33)27-14-13-24(30)28-17-23(25(31)32)16-20-11-12-21-9-5-6-10-22(21)15-20/h2-12,15,23H,13-14,16-18H2,1H3,(H,27,33)(H,28,30)(H,31,32). The lowest BCUT2D eigenvalue weighted by Crippen LogP contribution is -2.39. The molecule has 1 unspecified atom stereocenters. The van der Waals surface area contributed by atoms with E-state index in [-0.39, 0.29) is 31.4 Å². The quantitative estimate of drug-likeness (QED) is 0.443. The summed E-state index contributed by atoms with van der Waals surface area (Å²) in [6.45, 7) is 0.670. The highest BCUT2D eigenvalue weighted by Gasteiger charge is 2.19. The molecule has 0 saturated heterocycles. The average molecular weight is 448 g/mol. The summed E-state index contributed by atoms with van der Waals surface area (Å²) in [6.07, 6.45) is 0.398. The van der Waals surface area contributed by atoms with E-state index in [1.807, 2.05) is 72.8 Å². The molecule has 0 spiro atoms. The van der Waals surface area contributed by atoms with Crippen molar-refractivity contribution < 1.29 is 19.5 Å². The first-order valence-electron chi connectivity index (χ1n) is 10.9. The second-order valence-electron chi connectivity index (χ2n) is 8.05.